The van der Waals surface area contributed by atoms with Gasteiger partial charge in [0, 0.05) is 13.2 Å². The lowest BCUT2D eigenvalue weighted by molar-refractivity contribution is -0.122. The molecule has 28 heavy (non-hydrogen) atoms. The van der Waals surface area contributed by atoms with E-state index in [9.17, 15) is 4.79 Å². The molecular formula is C23H30N2O3. The molecule has 3 rings (SSSR count). The molecule has 1 aromatic heterocycles. The molecule has 0 unspecified atom stereocenters. The number of amides is 1. The normalized spacial score (nSPS) is 15.8. The predicted octanol–water partition coefficient (Wildman–Crippen LogP) is 4.56. The number of nitrogens with zero attached hydrogens (tertiary/aromatic N) is 1. The number of rotatable bonds is 7. The number of benzene rings is 1. The van der Waals surface area contributed by atoms with Gasteiger partial charge >= 0.3 is 0 Å². The molecule has 1 amide bonds. The summed E-state index contributed by atoms with van der Waals surface area (Å²) in [5, 5.41) is 3.15. The Hall–Kier alpha value is -2.40. The first kappa shape index (κ1) is 20.3. The summed E-state index contributed by atoms with van der Waals surface area (Å²) in [5.74, 6) is 0.604. The quantitative estimate of drug-likeness (QED) is 0.713. The smallest absolute Gasteiger partial charge is 0.235 e. The third-order valence-electron chi connectivity index (χ3n) is 5.59. The number of aromatic nitrogens is 1. The molecule has 2 aromatic rings. The summed E-state index contributed by atoms with van der Waals surface area (Å²) >= 11 is 0. The molecule has 1 aliphatic carbocycles. The van der Waals surface area contributed by atoms with Gasteiger partial charge in [-0.2, -0.15) is 0 Å². The van der Waals surface area contributed by atoms with E-state index < -0.39 is 5.41 Å². The first-order valence-corrected chi connectivity index (χ1v) is 10.0. The molecule has 0 spiro atoms. The Morgan fingerprint density at radius 1 is 1.04 bits per heavy atom. The lowest BCUT2D eigenvalue weighted by atomic mass is 9.68. The van der Waals surface area contributed by atoms with Gasteiger partial charge < -0.3 is 14.8 Å². The molecule has 5 nitrogen and oxygen atoms in total. The van der Waals surface area contributed by atoms with Crippen molar-refractivity contribution >= 4 is 11.6 Å². The minimum atomic E-state index is -0.466. The Kier molecular flexibility index (Phi) is 6.68. The van der Waals surface area contributed by atoms with Crippen LogP contribution in [0.15, 0.2) is 36.4 Å². The van der Waals surface area contributed by atoms with Crippen LogP contribution < -0.4 is 10.1 Å². The number of hydrogen-bond donors (Lipinski definition) is 1. The molecule has 150 valence electrons. The third kappa shape index (κ3) is 4.53. The first-order valence-electron chi connectivity index (χ1n) is 10.0. The van der Waals surface area contributed by atoms with E-state index >= 15 is 0 Å². The molecule has 1 aromatic carbocycles. The largest absolute Gasteiger partial charge is 0.475 e. The third-order valence-corrected chi connectivity index (χ3v) is 5.59. The van der Waals surface area contributed by atoms with Gasteiger partial charge in [0.05, 0.1) is 23.4 Å². The van der Waals surface area contributed by atoms with E-state index in [0.29, 0.717) is 19.1 Å². The summed E-state index contributed by atoms with van der Waals surface area (Å²) in [6, 6.07) is 12.1. The molecule has 1 aliphatic rings. The second-order valence-corrected chi connectivity index (χ2v) is 7.59. The number of anilines is 1. The Morgan fingerprint density at radius 2 is 1.75 bits per heavy atom. The maximum absolute atomic E-state index is 13.4. The molecule has 5 heteroatoms. The lowest BCUT2D eigenvalue weighted by Gasteiger charge is -2.36. The average Bonchev–Trinajstić information content (AvgIpc) is 2.71. The molecule has 0 bridgehead atoms. The minimum Gasteiger partial charge on any atom is -0.475 e. The highest BCUT2D eigenvalue weighted by molar-refractivity contribution is 5.99. The predicted molar refractivity (Wildman–Crippen MR) is 111 cm³/mol. The zero-order valence-electron chi connectivity index (χ0n) is 17.1. The number of carbonyl (C=O) groups excluding carboxylic acids is 1. The van der Waals surface area contributed by atoms with Gasteiger partial charge in [0.25, 0.3) is 0 Å². The van der Waals surface area contributed by atoms with E-state index in [4.69, 9.17) is 9.47 Å². The summed E-state index contributed by atoms with van der Waals surface area (Å²) in [4.78, 5) is 17.9. The fourth-order valence-electron chi connectivity index (χ4n) is 3.90. The van der Waals surface area contributed by atoms with Crippen molar-refractivity contribution in [3.05, 3.63) is 53.2 Å². The van der Waals surface area contributed by atoms with Crippen LogP contribution in [0, 0.1) is 13.8 Å². The maximum Gasteiger partial charge on any atom is 0.235 e. The van der Waals surface area contributed by atoms with Gasteiger partial charge in [-0.25, -0.2) is 4.98 Å². The van der Waals surface area contributed by atoms with E-state index in [1.54, 1.807) is 13.2 Å². The summed E-state index contributed by atoms with van der Waals surface area (Å²) in [5.41, 5.74) is 3.34. The van der Waals surface area contributed by atoms with Crippen molar-refractivity contribution in [2.45, 2.75) is 51.4 Å². The summed E-state index contributed by atoms with van der Waals surface area (Å²) in [7, 11) is 1.63. The summed E-state index contributed by atoms with van der Waals surface area (Å²) in [6.07, 6.45) is 5.10. The molecule has 1 heterocycles. The Balaban J connectivity index is 1.79. The number of nitrogens with one attached hydrogen (secondary N) is 1. The van der Waals surface area contributed by atoms with Crippen LogP contribution >= 0.6 is 0 Å². The van der Waals surface area contributed by atoms with E-state index in [1.165, 1.54) is 12.0 Å². The van der Waals surface area contributed by atoms with Crippen molar-refractivity contribution in [3.8, 4) is 5.88 Å². The lowest BCUT2D eigenvalue weighted by Crippen LogP contribution is -2.42. The highest BCUT2D eigenvalue weighted by atomic mass is 16.5. The number of pyridine rings is 1. The molecule has 0 aliphatic heterocycles. The van der Waals surface area contributed by atoms with E-state index in [0.717, 1.165) is 42.6 Å². The van der Waals surface area contributed by atoms with Gasteiger partial charge in [-0.3, -0.25) is 4.79 Å². The Morgan fingerprint density at radius 3 is 2.39 bits per heavy atom. The monoisotopic (exact) mass is 382 g/mol. The SMILES string of the molecule is COCCOc1ccc(NC(=O)C2(c3ccc(C)cc3)CCCCC2)c(C)n1. The highest BCUT2D eigenvalue weighted by Gasteiger charge is 2.41. The van der Waals surface area contributed by atoms with Crippen molar-refractivity contribution in [1.29, 1.82) is 0 Å². The van der Waals surface area contributed by atoms with Crippen LogP contribution in [-0.2, 0) is 14.9 Å². The number of aryl methyl sites for hydroxylation is 2. The van der Waals surface area contributed by atoms with E-state index in [2.05, 4.69) is 41.5 Å². The average molecular weight is 383 g/mol. The van der Waals surface area contributed by atoms with Crippen molar-refractivity contribution in [2.24, 2.45) is 0 Å². The molecule has 1 fully saturated rings. The van der Waals surface area contributed by atoms with Crippen molar-refractivity contribution in [1.82, 2.24) is 4.98 Å². The van der Waals surface area contributed by atoms with Crippen molar-refractivity contribution in [2.75, 3.05) is 25.6 Å². The fourth-order valence-corrected chi connectivity index (χ4v) is 3.90. The topological polar surface area (TPSA) is 60.5 Å². The van der Waals surface area contributed by atoms with Crippen molar-refractivity contribution in [3.63, 3.8) is 0 Å². The van der Waals surface area contributed by atoms with E-state index in [-0.39, 0.29) is 5.91 Å². The summed E-state index contributed by atoms with van der Waals surface area (Å²) in [6.45, 7) is 4.92. The standard InChI is InChI=1S/C23H30N2O3/c1-17-7-9-19(10-8-17)23(13-5-4-6-14-23)22(26)25-20-11-12-21(24-18(20)2)28-16-15-27-3/h7-12H,4-6,13-16H2,1-3H3,(H,25,26). The Bertz CT molecular complexity index is 796. The van der Waals surface area contributed by atoms with Gasteiger partial charge in [-0.1, -0.05) is 49.1 Å². The van der Waals surface area contributed by atoms with Crippen molar-refractivity contribution < 1.29 is 14.3 Å². The zero-order valence-corrected chi connectivity index (χ0v) is 17.1. The number of methoxy groups -OCH3 is 1. The maximum atomic E-state index is 13.4. The molecule has 0 radical (unpaired) electrons. The van der Waals surface area contributed by atoms with Crippen LogP contribution in [0.3, 0.4) is 0 Å². The van der Waals surface area contributed by atoms with Gasteiger partial charge in [-0.05, 0) is 38.3 Å². The van der Waals surface area contributed by atoms with Crippen LogP contribution in [0.2, 0.25) is 0 Å². The molecule has 0 saturated heterocycles. The molecular weight excluding hydrogens is 352 g/mol. The van der Waals surface area contributed by atoms with Crippen LogP contribution in [0.5, 0.6) is 5.88 Å². The van der Waals surface area contributed by atoms with Gasteiger partial charge in [0.2, 0.25) is 11.8 Å². The Labute approximate surface area is 167 Å². The number of hydrogen-bond acceptors (Lipinski definition) is 4. The number of ether oxygens (including phenoxy) is 2. The fraction of sp³-hybridized carbons (Fsp3) is 0.478. The highest BCUT2D eigenvalue weighted by Crippen LogP contribution is 2.40. The molecule has 0 atom stereocenters. The van der Waals surface area contributed by atoms with Crippen LogP contribution in [0.25, 0.3) is 0 Å². The van der Waals surface area contributed by atoms with Gasteiger partial charge in [0.1, 0.15) is 6.61 Å². The summed E-state index contributed by atoms with van der Waals surface area (Å²) < 4.78 is 10.5. The van der Waals surface area contributed by atoms with Crippen LogP contribution in [-0.4, -0.2) is 31.2 Å². The number of carbonyl (C=O) groups is 1. The van der Waals surface area contributed by atoms with Gasteiger partial charge in [-0.15, -0.1) is 0 Å². The molecule has 1 saturated carbocycles. The van der Waals surface area contributed by atoms with E-state index in [1.807, 2.05) is 13.0 Å². The van der Waals surface area contributed by atoms with Crippen LogP contribution in [0.4, 0.5) is 5.69 Å². The zero-order chi connectivity index (χ0) is 20.0. The van der Waals surface area contributed by atoms with Crippen LogP contribution in [0.1, 0.15) is 48.9 Å². The second kappa shape index (κ2) is 9.20. The van der Waals surface area contributed by atoms with Gasteiger partial charge in [0.15, 0.2) is 0 Å². The first-order chi connectivity index (χ1) is 13.5. The molecule has 1 N–H and O–H groups in total. The minimum absolute atomic E-state index is 0.0639. The second-order valence-electron chi connectivity index (χ2n) is 7.59.